The molecule has 16 heavy (non-hydrogen) atoms. The minimum Gasteiger partial charge on any atom is -0.494 e. The third kappa shape index (κ3) is 1.72. The molecule has 1 aromatic carbocycles. The SMILES string of the molecule is NC(Cc1c(O)[nH]c2ccccc12)C(=O)O. The third-order valence-corrected chi connectivity index (χ3v) is 2.53. The number of aromatic nitrogens is 1. The Morgan fingerprint density at radius 3 is 2.81 bits per heavy atom. The van der Waals surface area contributed by atoms with Gasteiger partial charge in [-0.2, -0.15) is 0 Å². The van der Waals surface area contributed by atoms with E-state index >= 15 is 0 Å². The van der Waals surface area contributed by atoms with E-state index in [0.717, 1.165) is 10.9 Å². The first-order chi connectivity index (χ1) is 7.59. The second-order valence-electron chi connectivity index (χ2n) is 3.65. The Hall–Kier alpha value is -2.01. The number of hydrogen-bond donors (Lipinski definition) is 4. The number of aliphatic carboxylic acids is 1. The number of benzene rings is 1. The number of nitrogens with one attached hydrogen (secondary N) is 1. The first kappa shape index (κ1) is 10.5. The molecule has 5 nitrogen and oxygen atoms in total. The van der Waals surface area contributed by atoms with E-state index in [4.69, 9.17) is 10.8 Å². The van der Waals surface area contributed by atoms with Crippen molar-refractivity contribution < 1.29 is 15.0 Å². The predicted molar refractivity (Wildman–Crippen MR) is 59.3 cm³/mol. The van der Waals surface area contributed by atoms with Crippen molar-refractivity contribution in [2.24, 2.45) is 5.73 Å². The number of nitrogens with two attached hydrogens (primary N) is 1. The molecule has 0 bridgehead atoms. The summed E-state index contributed by atoms with van der Waals surface area (Å²) in [6.45, 7) is 0. The van der Waals surface area contributed by atoms with Gasteiger partial charge in [0.2, 0.25) is 0 Å². The van der Waals surface area contributed by atoms with E-state index in [1.165, 1.54) is 0 Å². The van der Waals surface area contributed by atoms with Crippen molar-refractivity contribution in [3.8, 4) is 5.88 Å². The quantitative estimate of drug-likeness (QED) is 0.615. The fourth-order valence-corrected chi connectivity index (χ4v) is 1.70. The fraction of sp³-hybridized carbons (Fsp3) is 0.182. The van der Waals surface area contributed by atoms with Gasteiger partial charge in [0.05, 0.1) is 0 Å². The van der Waals surface area contributed by atoms with Crippen molar-refractivity contribution in [1.29, 1.82) is 0 Å². The molecule has 0 saturated heterocycles. The topological polar surface area (TPSA) is 99.3 Å². The van der Waals surface area contributed by atoms with Crippen LogP contribution in [-0.4, -0.2) is 27.2 Å². The molecule has 2 rings (SSSR count). The Morgan fingerprint density at radius 1 is 1.44 bits per heavy atom. The minimum atomic E-state index is -1.08. The Morgan fingerprint density at radius 2 is 2.12 bits per heavy atom. The summed E-state index contributed by atoms with van der Waals surface area (Å²) in [4.78, 5) is 13.4. The number of H-pyrrole nitrogens is 1. The number of aromatic hydroxyl groups is 1. The molecule has 0 aliphatic heterocycles. The molecule has 0 aliphatic carbocycles. The highest BCUT2D eigenvalue weighted by molar-refractivity contribution is 5.86. The Labute approximate surface area is 91.5 Å². The van der Waals surface area contributed by atoms with Crippen LogP contribution in [-0.2, 0) is 11.2 Å². The number of carbonyl (C=O) groups is 1. The molecule has 1 unspecified atom stereocenters. The van der Waals surface area contributed by atoms with Crippen molar-refractivity contribution in [2.75, 3.05) is 0 Å². The zero-order valence-electron chi connectivity index (χ0n) is 8.47. The van der Waals surface area contributed by atoms with E-state index < -0.39 is 12.0 Å². The molecule has 0 fully saturated rings. The van der Waals surface area contributed by atoms with Crippen molar-refractivity contribution in [1.82, 2.24) is 4.98 Å². The number of rotatable bonds is 3. The zero-order chi connectivity index (χ0) is 11.7. The van der Waals surface area contributed by atoms with Crippen LogP contribution < -0.4 is 5.73 Å². The molecule has 84 valence electrons. The molecule has 5 heteroatoms. The van der Waals surface area contributed by atoms with Gasteiger partial charge < -0.3 is 20.9 Å². The summed E-state index contributed by atoms with van der Waals surface area (Å²) >= 11 is 0. The van der Waals surface area contributed by atoms with Crippen LogP contribution in [0, 0.1) is 0 Å². The number of para-hydroxylation sites is 1. The predicted octanol–water partition coefficient (Wildman–Crippen LogP) is 0.828. The van der Waals surface area contributed by atoms with Gasteiger partial charge in [-0.15, -0.1) is 0 Å². The van der Waals surface area contributed by atoms with Crippen LogP contribution in [0.1, 0.15) is 5.56 Å². The smallest absolute Gasteiger partial charge is 0.320 e. The van der Waals surface area contributed by atoms with Crippen LogP contribution in [0.2, 0.25) is 0 Å². The summed E-state index contributed by atoms with van der Waals surface area (Å²) in [6.07, 6.45) is 0.102. The molecule has 1 atom stereocenters. The first-order valence-corrected chi connectivity index (χ1v) is 4.86. The molecule has 0 saturated carbocycles. The highest BCUT2D eigenvalue weighted by Crippen LogP contribution is 2.27. The highest BCUT2D eigenvalue weighted by Gasteiger charge is 2.18. The second-order valence-corrected chi connectivity index (χ2v) is 3.65. The average Bonchev–Trinajstić information content (AvgIpc) is 2.55. The van der Waals surface area contributed by atoms with Gasteiger partial charge in [0, 0.05) is 22.9 Å². The molecule has 5 N–H and O–H groups in total. The zero-order valence-corrected chi connectivity index (χ0v) is 8.47. The third-order valence-electron chi connectivity index (χ3n) is 2.53. The lowest BCUT2D eigenvalue weighted by Crippen LogP contribution is -2.32. The molecular formula is C11H12N2O3. The molecule has 0 amide bonds. The summed E-state index contributed by atoms with van der Waals surface area (Å²) in [7, 11) is 0. The number of carboxylic acid groups (broad SMARTS) is 1. The van der Waals surface area contributed by atoms with Crippen LogP contribution in [0.15, 0.2) is 24.3 Å². The second kappa shape index (κ2) is 3.86. The summed E-state index contributed by atoms with van der Waals surface area (Å²) in [5.74, 6) is -1.09. The first-order valence-electron chi connectivity index (χ1n) is 4.86. The van der Waals surface area contributed by atoms with Crippen molar-refractivity contribution in [3.63, 3.8) is 0 Å². The maximum Gasteiger partial charge on any atom is 0.320 e. The minimum absolute atomic E-state index is 0.0158. The van der Waals surface area contributed by atoms with Gasteiger partial charge in [-0.1, -0.05) is 18.2 Å². The standard InChI is InChI=1S/C11H12N2O3/c12-8(11(15)16)5-7-6-3-1-2-4-9(6)13-10(7)14/h1-4,8,13-14H,5,12H2,(H,15,16). The van der Waals surface area contributed by atoms with E-state index in [9.17, 15) is 9.90 Å². The fourth-order valence-electron chi connectivity index (χ4n) is 1.70. The Bertz CT molecular complexity index is 533. The van der Waals surface area contributed by atoms with Gasteiger partial charge >= 0.3 is 5.97 Å². The van der Waals surface area contributed by atoms with Crippen LogP contribution in [0.4, 0.5) is 0 Å². The van der Waals surface area contributed by atoms with Crippen LogP contribution in [0.25, 0.3) is 10.9 Å². The monoisotopic (exact) mass is 220 g/mol. The highest BCUT2D eigenvalue weighted by atomic mass is 16.4. The summed E-state index contributed by atoms with van der Waals surface area (Å²) in [5.41, 5.74) is 6.76. The average molecular weight is 220 g/mol. The van der Waals surface area contributed by atoms with E-state index in [1.54, 1.807) is 0 Å². The maximum absolute atomic E-state index is 10.7. The molecule has 0 spiro atoms. The Kier molecular flexibility index (Phi) is 2.54. The molecule has 1 heterocycles. The maximum atomic E-state index is 10.7. The van der Waals surface area contributed by atoms with Gasteiger partial charge in [-0.3, -0.25) is 4.79 Å². The van der Waals surface area contributed by atoms with Crippen molar-refractivity contribution >= 4 is 16.9 Å². The van der Waals surface area contributed by atoms with Gasteiger partial charge in [-0.25, -0.2) is 0 Å². The van der Waals surface area contributed by atoms with E-state index in [0.29, 0.717) is 5.56 Å². The number of hydrogen-bond acceptors (Lipinski definition) is 3. The number of fused-ring (bicyclic) bond motifs is 1. The summed E-state index contributed by atoms with van der Waals surface area (Å²) in [5, 5.41) is 19.2. The van der Waals surface area contributed by atoms with Gasteiger partial charge in [0.15, 0.2) is 5.88 Å². The van der Waals surface area contributed by atoms with Gasteiger partial charge in [0.25, 0.3) is 0 Å². The van der Waals surface area contributed by atoms with E-state index in [-0.39, 0.29) is 12.3 Å². The largest absolute Gasteiger partial charge is 0.494 e. The normalized spacial score (nSPS) is 12.8. The van der Waals surface area contributed by atoms with Crippen LogP contribution in [0.3, 0.4) is 0 Å². The molecule has 0 aliphatic rings. The Balaban J connectivity index is 2.43. The number of aromatic amines is 1. The molecular weight excluding hydrogens is 208 g/mol. The molecule has 1 aromatic heterocycles. The molecule has 0 radical (unpaired) electrons. The van der Waals surface area contributed by atoms with E-state index in [2.05, 4.69) is 4.98 Å². The van der Waals surface area contributed by atoms with Crippen molar-refractivity contribution in [2.45, 2.75) is 12.5 Å². The lowest BCUT2D eigenvalue weighted by atomic mass is 10.1. The van der Waals surface area contributed by atoms with Crippen molar-refractivity contribution in [3.05, 3.63) is 29.8 Å². The summed E-state index contributed by atoms with van der Waals surface area (Å²) in [6, 6.07) is 6.27. The van der Waals surface area contributed by atoms with Crippen LogP contribution >= 0.6 is 0 Å². The van der Waals surface area contributed by atoms with Crippen LogP contribution in [0.5, 0.6) is 5.88 Å². The van der Waals surface area contributed by atoms with E-state index in [1.807, 2.05) is 24.3 Å². The number of carboxylic acids is 1. The van der Waals surface area contributed by atoms with Gasteiger partial charge in [-0.05, 0) is 6.07 Å². The lowest BCUT2D eigenvalue weighted by Gasteiger charge is -2.05. The lowest BCUT2D eigenvalue weighted by molar-refractivity contribution is -0.138. The van der Waals surface area contributed by atoms with Gasteiger partial charge in [0.1, 0.15) is 6.04 Å². The summed E-state index contributed by atoms with van der Waals surface area (Å²) < 4.78 is 0. The molecule has 2 aromatic rings.